The fourth-order valence-corrected chi connectivity index (χ4v) is 3.56. The minimum Gasteiger partial charge on any atom is -0.464 e. The predicted octanol–water partition coefficient (Wildman–Crippen LogP) is 4.21. The number of ether oxygens (including phenoxy) is 1. The summed E-state index contributed by atoms with van der Waals surface area (Å²) in [6.07, 6.45) is 1.51. The molecule has 0 saturated heterocycles. The van der Waals surface area contributed by atoms with Gasteiger partial charge in [0.15, 0.2) is 5.82 Å². The Hall–Kier alpha value is -2.54. The number of carbonyl (C=O) groups is 1. The van der Waals surface area contributed by atoms with Crippen LogP contribution in [0.1, 0.15) is 55.6 Å². The van der Waals surface area contributed by atoms with Crippen molar-refractivity contribution >= 4 is 34.3 Å². The number of esters is 1. The third-order valence-electron chi connectivity index (χ3n) is 4.62. The van der Waals surface area contributed by atoms with Gasteiger partial charge in [-0.05, 0) is 30.0 Å². The van der Waals surface area contributed by atoms with Gasteiger partial charge in [0.25, 0.3) is 0 Å². The Morgan fingerprint density at radius 2 is 2.07 bits per heavy atom. The highest BCUT2D eigenvalue weighted by Crippen LogP contribution is 2.35. The van der Waals surface area contributed by atoms with Gasteiger partial charge in [0, 0.05) is 17.5 Å². The molecule has 0 aliphatic carbocycles. The Balaban J connectivity index is 1.95. The van der Waals surface area contributed by atoms with Crippen molar-refractivity contribution in [3.05, 3.63) is 40.4 Å². The molecule has 3 aromatic rings. The summed E-state index contributed by atoms with van der Waals surface area (Å²) in [6.45, 7) is 8.33. The number of nitrogens with one attached hydrogen (secondary N) is 2. The Bertz CT molecular complexity index is 1000. The summed E-state index contributed by atoms with van der Waals surface area (Å²) in [5.41, 5.74) is 2.23. The molecule has 0 fully saturated rings. The quantitative estimate of drug-likeness (QED) is 0.653. The first-order valence-electron chi connectivity index (χ1n) is 8.68. The van der Waals surface area contributed by atoms with E-state index in [-0.39, 0.29) is 11.5 Å². The van der Waals surface area contributed by atoms with E-state index in [0.717, 1.165) is 16.5 Å². The molecule has 1 unspecified atom stereocenters. The number of imidazole rings is 1. The lowest BCUT2D eigenvalue weighted by Gasteiger charge is -2.21. The normalized spacial score (nSPS) is 13.0. The van der Waals surface area contributed by atoms with Crippen LogP contribution in [0.25, 0.3) is 10.9 Å². The molecule has 0 bridgehead atoms. The van der Waals surface area contributed by atoms with Crippen molar-refractivity contribution < 1.29 is 9.53 Å². The van der Waals surface area contributed by atoms with Crippen molar-refractivity contribution in [3.8, 4) is 0 Å². The van der Waals surface area contributed by atoms with E-state index in [1.807, 2.05) is 13.0 Å². The van der Waals surface area contributed by atoms with E-state index >= 15 is 0 Å². The topological polar surface area (TPSA) is 84.8 Å². The fourth-order valence-electron chi connectivity index (χ4n) is 3.11. The molecule has 8 heteroatoms. The molecule has 144 valence electrons. The number of fused-ring (bicyclic) bond motifs is 1. The lowest BCUT2D eigenvalue weighted by molar-refractivity contribution is 0.0589. The highest BCUT2D eigenvalue weighted by Gasteiger charge is 2.22. The van der Waals surface area contributed by atoms with Gasteiger partial charge >= 0.3 is 5.97 Å². The van der Waals surface area contributed by atoms with Crippen molar-refractivity contribution in [2.24, 2.45) is 7.05 Å². The van der Waals surface area contributed by atoms with Gasteiger partial charge in [-0.1, -0.05) is 32.4 Å². The number of halogens is 1. The van der Waals surface area contributed by atoms with Crippen LogP contribution in [0, 0.1) is 0 Å². The van der Waals surface area contributed by atoms with Crippen LogP contribution in [0.4, 0.5) is 5.82 Å². The Morgan fingerprint density at radius 1 is 1.37 bits per heavy atom. The van der Waals surface area contributed by atoms with Gasteiger partial charge in [-0.2, -0.15) is 5.10 Å². The molecule has 7 nitrogen and oxygen atoms in total. The molecule has 2 heterocycles. The van der Waals surface area contributed by atoms with E-state index in [1.54, 1.807) is 11.6 Å². The second kappa shape index (κ2) is 6.88. The third kappa shape index (κ3) is 3.51. The number of hydrogen-bond donors (Lipinski definition) is 2. The Morgan fingerprint density at radius 3 is 2.70 bits per heavy atom. The number of anilines is 1. The van der Waals surface area contributed by atoms with Crippen molar-refractivity contribution in [2.45, 2.75) is 39.2 Å². The van der Waals surface area contributed by atoms with Gasteiger partial charge in [-0.3, -0.25) is 5.10 Å². The minimum absolute atomic E-state index is 0.0828. The zero-order valence-electron chi connectivity index (χ0n) is 16.3. The van der Waals surface area contributed by atoms with E-state index in [1.165, 1.54) is 13.3 Å². The molecular weight excluding hydrogens is 366 g/mol. The number of hydrogen-bond acceptors (Lipinski definition) is 5. The van der Waals surface area contributed by atoms with E-state index in [0.29, 0.717) is 22.4 Å². The van der Waals surface area contributed by atoms with E-state index < -0.39 is 5.97 Å². The number of carbonyl (C=O) groups excluding carboxylic acids is 1. The standard InChI is InChI=1S/C19H24ClN5O2/c1-10(17-21-9-15(25(17)5)18(26)27-6)22-16-11-7-12(19(2,3)4)13(20)8-14(11)23-24-16/h7-10H,1-6H3,(H2,22,23,24). The maximum atomic E-state index is 11.8. The van der Waals surface area contributed by atoms with Crippen LogP contribution in [-0.2, 0) is 17.2 Å². The van der Waals surface area contributed by atoms with Gasteiger partial charge in [0.1, 0.15) is 11.5 Å². The van der Waals surface area contributed by atoms with Gasteiger partial charge in [-0.15, -0.1) is 0 Å². The summed E-state index contributed by atoms with van der Waals surface area (Å²) in [5.74, 6) is 0.997. The van der Waals surface area contributed by atoms with Crippen LogP contribution < -0.4 is 5.32 Å². The monoisotopic (exact) mass is 389 g/mol. The summed E-state index contributed by atoms with van der Waals surface area (Å²) < 4.78 is 6.50. The SMILES string of the molecule is COC(=O)c1cnc(C(C)Nc2n[nH]c3cc(Cl)c(C(C)(C)C)cc23)n1C. The Labute approximate surface area is 163 Å². The highest BCUT2D eigenvalue weighted by atomic mass is 35.5. The van der Waals surface area contributed by atoms with Crippen LogP contribution in [0.15, 0.2) is 18.3 Å². The average molecular weight is 390 g/mol. The Kier molecular flexibility index (Phi) is 4.90. The van der Waals surface area contributed by atoms with Crippen LogP contribution >= 0.6 is 11.6 Å². The van der Waals surface area contributed by atoms with E-state index in [2.05, 4.69) is 47.3 Å². The summed E-state index contributed by atoms with van der Waals surface area (Å²) in [6, 6.07) is 3.79. The van der Waals surface area contributed by atoms with Crippen LogP contribution in [0.3, 0.4) is 0 Å². The lowest BCUT2D eigenvalue weighted by Crippen LogP contribution is -2.15. The smallest absolute Gasteiger partial charge is 0.356 e. The first-order chi connectivity index (χ1) is 12.6. The summed E-state index contributed by atoms with van der Waals surface area (Å²) >= 11 is 6.44. The minimum atomic E-state index is -0.418. The molecule has 27 heavy (non-hydrogen) atoms. The molecule has 0 radical (unpaired) electrons. The molecule has 1 atom stereocenters. The van der Waals surface area contributed by atoms with Crippen LogP contribution in [0.5, 0.6) is 0 Å². The predicted molar refractivity (Wildman–Crippen MR) is 106 cm³/mol. The van der Waals surface area contributed by atoms with Crippen molar-refractivity contribution in [3.63, 3.8) is 0 Å². The highest BCUT2D eigenvalue weighted by molar-refractivity contribution is 6.32. The molecule has 1 aromatic carbocycles. The zero-order valence-corrected chi connectivity index (χ0v) is 17.1. The van der Waals surface area contributed by atoms with Gasteiger partial charge in [0.2, 0.25) is 0 Å². The maximum absolute atomic E-state index is 11.8. The zero-order chi connectivity index (χ0) is 19.9. The molecule has 3 rings (SSSR count). The number of rotatable bonds is 4. The molecule has 0 spiro atoms. The number of aromatic amines is 1. The van der Waals surface area contributed by atoms with Crippen molar-refractivity contribution in [1.82, 2.24) is 19.7 Å². The summed E-state index contributed by atoms with van der Waals surface area (Å²) in [5, 5.41) is 12.4. The first-order valence-corrected chi connectivity index (χ1v) is 9.05. The van der Waals surface area contributed by atoms with Crippen molar-refractivity contribution in [1.29, 1.82) is 0 Å². The number of H-pyrrole nitrogens is 1. The van der Waals surface area contributed by atoms with Crippen LogP contribution in [-0.4, -0.2) is 32.8 Å². The number of aromatic nitrogens is 4. The largest absolute Gasteiger partial charge is 0.464 e. The molecule has 0 saturated carbocycles. The van der Waals surface area contributed by atoms with Crippen molar-refractivity contribution in [2.75, 3.05) is 12.4 Å². The second-order valence-electron chi connectivity index (χ2n) is 7.62. The number of nitrogens with zero attached hydrogens (tertiary/aromatic N) is 3. The van der Waals surface area contributed by atoms with E-state index in [9.17, 15) is 4.79 Å². The molecule has 2 N–H and O–H groups in total. The van der Waals surface area contributed by atoms with Gasteiger partial charge in [0.05, 0.1) is 24.9 Å². The van der Waals surface area contributed by atoms with Crippen LogP contribution in [0.2, 0.25) is 5.02 Å². The first kappa shape index (κ1) is 19.2. The molecule has 0 aliphatic rings. The molecule has 0 amide bonds. The van der Waals surface area contributed by atoms with Gasteiger partial charge in [-0.25, -0.2) is 9.78 Å². The van der Waals surface area contributed by atoms with Gasteiger partial charge < -0.3 is 14.6 Å². The lowest BCUT2D eigenvalue weighted by atomic mass is 9.86. The maximum Gasteiger partial charge on any atom is 0.356 e. The number of methoxy groups -OCH3 is 1. The summed E-state index contributed by atoms with van der Waals surface area (Å²) in [7, 11) is 3.14. The van der Waals surface area contributed by atoms with E-state index in [4.69, 9.17) is 16.3 Å². The second-order valence-corrected chi connectivity index (χ2v) is 8.03. The third-order valence-corrected chi connectivity index (χ3v) is 4.93. The molecule has 2 aromatic heterocycles. The molecule has 0 aliphatic heterocycles. The molecular formula is C19H24ClN5O2. The number of benzene rings is 1. The summed E-state index contributed by atoms with van der Waals surface area (Å²) in [4.78, 5) is 16.1. The fraction of sp³-hybridized carbons (Fsp3) is 0.421. The average Bonchev–Trinajstić information content (AvgIpc) is 3.16.